The van der Waals surface area contributed by atoms with Gasteiger partial charge in [-0.15, -0.1) is 0 Å². The smallest absolute Gasteiger partial charge is 0.310 e. The number of carbonyl (C=O) groups excluding carboxylic acids is 1. The van der Waals surface area contributed by atoms with Gasteiger partial charge in [0.2, 0.25) is 10.0 Å². The average molecular weight is 434 g/mol. The van der Waals surface area contributed by atoms with Crippen molar-refractivity contribution in [2.75, 3.05) is 12.0 Å². The molecule has 1 aromatic carbocycles. The quantitative estimate of drug-likeness (QED) is 0.379. The molecule has 0 aliphatic heterocycles. The molecule has 0 radical (unpaired) electrons. The standard InChI is InChI=1S/C17H18ClF2N3O4S/c1-23-8-13(28(25,26)22-9-27-17(24)10-2-3-10)6-12(23)7-21-11-4-14(18)16(20)15(19)5-11/h4-6,8,10,21-22H,2-3,7,9H2,1H3. The summed E-state index contributed by atoms with van der Waals surface area (Å²) in [5.41, 5.74) is 0.816. The fourth-order valence-electron chi connectivity index (χ4n) is 2.45. The van der Waals surface area contributed by atoms with Crippen LogP contribution in [0.25, 0.3) is 0 Å². The Bertz CT molecular complexity index is 983. The van der Waals surface area contributed by atoms with E-state index in [0.29, 0.717) is 5.69 Å². The molecular weight excluding hydrogens is 416 g/mol. The van der Waals surface area contributed by atoms with Gasteiger partial charge >= 0.3 is 5.97 Å². The normalized spacial score (nSPS) is 14.1. The van der Waals surface area contributed by atoms with E-state index in [-0.39, 0.29) is 28.1 Å². The van der Waals surface area contributed by atoms with Crippen LogP contribution in [0.1, 0.15) is 18.5 Å². The summed E-state index contributed by atoms with van der Waals surface area (Å²) < 4.78 is 59.9. The van der Waals surface area contributed by atoms with E-state index < -0.39 is 34.4 Å². The molecule has 3 rings (SSSR count). The highest BCUT2D eigenvalue weighted by Gasteiger charge is 2.31. The third-order valence-electron chi connectivity index (χ3n) is 4.22. The van der Waals surface area contributed by atoms with Gasteiger partial charge in [0.15, 0.2) is 18.4 Å². The van der Waals surface area contributed by atoms with Crippen molar-refractivity contribution < 1.29 is 26.7 Å². The Balaban J connectivity index is 1.62. The predicted octanol–water partition coefficient (Wildman–Crippen LogP) is 2.76. The molecular formula is C17H18ClF2N3O4S. The summed E-state index contributed by atoms with van der Waals surface area (Å²) in [5.74, 6) is -2.75. The van der Waals surface area contributed by atoms with Crippen molar-refractivity contribution >= 4 is 33.3 Å². The van der Waals surface area contributed by atoms with E-state index in [1.165, 1.54) is 18.3 Å². The van der Waals surface area contributed by atoms with Crippen LogP contribution in [0.15, 0.2) is 29.3 Å². The van der Waals surface area contributed by atoms with Gasteiger partial charge in [0.05, 0.1) is 17.5 Å². The zero-order valence-electron chi connectivity index (χ0n) is 14.8. The molecule has 28 heavy (non-hydrogen) atoms. The molecule has 1 aromatic heterocycles. The molecule has 1 aliphatic rings. The Morgan fingerprint density at radius 1 is 1.32 bits per heavy atom. The second kappa shape index (κ2) is 8.06. The third-order valence-corrected chi connectivity index (χ3v) is 5.84. The van der Waals surface area contributed by atoms with E-state index in [9.17, 15) is 22.0 Å². The third kappa shape index (κ3) is 4.81. The number of nitrogens with zero attached hydrogens (tertiary/aromatic N) is 1. The number of hydrogen-bond acceptors (Lipinski definition) is 5. The van der Waals surface area contributed by atoms with Crippen LogP contribution in [0.4, 0.5) is 14.5 Å². The zero-order valence-corrected chi connectivity index (χ0v) is 16.4. The predicted molar refractivity (Wildman–Crippen MR) is 98.1 cm³/mol. The van der Waals surface area contributed by atoms with E-state index in [1.54, 1.807) is 11.6 Å². The number of carbonyl (C=O) groups is 1. The number of anilines is 1. The molecule has 1 saturated carbocycles. The van der Waals surface area contributed by atoms with Crippen molar-refractivity contribution in [3.8, 4) is 0 Å². The van der Waals surface area contributed by atoms with Crippen LogP contribution in [0, 0.1) is 17.6 Å². The molecule has 0 spiro atoms. The molecule has 1 aliphatic carbocycles. The minimum absolute atomic E-state index is 0.0161. The van der Waals surface area contributed by atoms with Crippen molar-refractivity contribution in [2.24, 2.45) is 13.0 Å². The molecule has 2 aromatic rings. The number of hydrogen-bond donors (Lipinski definition) is 2. The molecule has 0 unspecified atom stereocenters. The van der Waals surface area contributed by atoms with Gasteiger partial charge in [-0.3, -0.25) is 4.79 Å². The monoisotopic (exact) mass is 433 g/mol. The molecule has 0 bridgehead atoms. The second-order valence-electron chi connectivity index (χ2n) is 6.42. The van der Waals surface area contributed by atoms with Gasteiger partial charge < -0.3 is 14.6 Å². The number of halogens is 3. The van der Waals surface area contributed by atoms with Crippen molar-refractivity contribution in [2.45, 2.75) is 24.3 Å². The van der Waals surface area contributed by atoms with Crippen LogP contribution >= 0.6 is 11.6 Å². The van der Waals surface area contributed by atoms with E-state index in [2.05, 4.69) is 10.0 Å². The first-order valence-corrected chi connectivity index (χ1v) is 10.2. The largest absolute Gasteiger partial charge is 0.449 e. The average Bonchev–Trinajstić information content (AvgIpc) is 3.40. The van der Waals surface area contributed by atoms with Gasteiger partial charge in [-0.1, -0.05) is 11.6 Å². The summed E-state index contributed by atoms with van der Waals surface area (Å²) in [6.45, 7) is -0.294. The van der Waals surface area contributed by atoms with Gasteiger partial charge in [-0.2, -0.15) is 4.72 Å². The summed E-state index contributed by atoms with van der Waals surface area (Å²) in [5, 5.41) is 2.50. The Hall–Kier alpha value is -2.17. The fraction of sp³-hybridized carbons (Fsp3) is 0.353. The van der Waals surface area contributed by atoms with Gasteiger partial charge in [0.1, 0.15) is 4.90 Å². The van der Waals surface area contributed by atoms with Crippen molar-refractivity contribution in [3.05, 3.63) is 46.7 Å². The lowest BCUT2D eigenvalue weighted by Crippen LogP contribution is -2.28. The first-order valence-electron chi connectivity index (χ1n) is 8.37. The zero-order chi connectivity index (χ0) is 20.5. The first-order chi connectivity index (χ1) is 13.2. The lowest BCUT2D eigenvalue weighted by atomic mass is 10.3. The van der Waals surface area contributed by atoms with Gasteiger partial charge in [-0.05, 0) is 25.0 Å². The minimum Gasteiger partial charge on any atom is -0.449 e. The number of esters is 1. The van der Waals surface area contributed by atoms with Crippen LogP contribution in [0.5, 0.6) is 0 Å². The van der Waals surface area contributed by atoms with E-state index in [0.717, 1.165) is 18.9 Å². The summed E-state index contributed by atoms with van der Waals surface area (Å²) in [6, 6.07) is 3.60. The Morgan fingerprint density at radius 3 is 2.68 bits per heavy atom. The Morgan fingerprint density at radius 2 is 2.04 bits per heavy atom. The van der Waals surface area contributed by atoms with Crippen molar-refractivity contribution in [1.82, 2.24) is 9.29 Å². The summed E-state index contributed by atoms with van der Waals surface area (Å²) in [4.78, 5) is 11.4. The number of nitrogens with one attached hydrogen (secondary N) is 2. The van der Waals surface area contributed by atoms with Gasteiger partial charge in [0, 0.05) is 30.7 Å². The highest BCUT2D eigenvalue weighted by Crippen LogP contribution is 2.30. The lowest BCUT2D eigenvalue weighted by molar-refractivity contribution is -0.145. The number of ether oxygens (including phenoxy) is 1. The molecule has 2 N–H and O–H groups in total. The SMILES string of the molecule is Cn1cc(S(=O)(=O)NCOC(=O)C2CC2)cc1CNc1cc(F)c(F)c(Cl)c1. The number of aromatic nitrogens is 1. The van der Waals surface area contributed by atoms with Crippen LogP contribution in [0.2, 0.25) is 5.02 Å². The topological polar surface area (TPSA) is 89.4 Å². The molecule has 7 nitrogen and oxygen atoms in total. The molecule has 0 atom stereocenters. The van der Waals surface area contributed by atoms with E-state index >= 15 is 0 Å². The lowest BCUT2D eigenvalue weighted by Gasteiger charge is -2.08. The van der Waals surface area contributed by atoms with Crippen molar-refractivity contribution in [3.63, 3.8) is 0 Å². The maximum Gasteiger partial charge on any atom is 0.310 e. The van der Waals surface area contributed by atoms with Crippen LogP contribution in [-0.2, 0) is 33.1 Å². The fourth-order valence-corrected chi connectivity index (χ4v) is 3.62. The molecule has 0 amide bonds. The second-order valence-corrected chi connectivity index (χ2v) is 8.59. The molecule has 0 saturated heterocycles. The van der Waals surface area contributed by atoms with Gasteiger partial charge in [-0.25, -0.2) is 17.2 Å². The van der Waals surface area contributed by atoms with Crippen LogP contribution in [0.3, 0.4) is 0 Å². The highest BCUT2D eigenvalue weighted by molar-refractivity contribution is 7.89. The summed E-state index contributed by atoms with van der Waals surface area (Å²) in [7, 11) is -2.23. The minimum atomic E-state index is -3.87. The summed E-state index contributed by atoms with van der Waals surface area (Å²) in [6.07, 6.45) is 2.92. The van der Waals surface area contributed by atoms with Crippen LogP contribution in [-0.4, -0.2) is 25.7 Å². The molecule has 152 valence electrons. The number of sulfonamides is 1. The van der Waals surface area contributed by atoms with E-state index in [4.69, 9.17) is 16.3 Å². The van der Waals surface area contributed by atoms with Crippen LogP contribution < -0.4 is 10.0 Å². The molecule has 11 heteroatoms. The molecule has 1 fully saturated rings. The van der Waals surface area contributed by atoms with E-state index in [1.807, 2.05) is 0 Å². The molecule has 1 heterocycles. The van der Waals surface area contributed by atoms with Gasteiger partial charge in [0.25, 0.3) is 0 Å². The maximum atomic E-state index is 13.4. The Labute approximate surface area is 165 Å². The maximum absolute atomic E-state index is 13.4. The highest BCUT2D eigenvalue weighted by atomic mass is 35.5. The number of benzene rings is 1. The number of rotatable bonds is 8. The first kappa shape index (κ1) is 20.6. The summed E-state index contributed by atoms with van der Waals surface area (Å²) >= 11 is 5.61. The number of aryl methyl sites for hydroxylation is 1. The van der Waals surface area contributed by atoms with Crippen molar-refractivity contribution in [1.29, 1.82) is 0 Å². The Kier molecular flexibility index (Phi) is 5.92.